The Labute approximate surface area is 103 Å². The molecule has 1 unspecified atom stereocenters. The molecule has 94 valence electrons. The Hall–Kier alpha value is -1.48. The first kappa shape index (κ1) is 13.6. The number of hydrogen-bond donors (Lipinski definition) is 1. The van der Waals surface area contributed by atoms with Crippen LogP contribution in [0.4, 0.5) is 0 Å². The molecule has 0 saturated heterocycles. The lowest BCUT2D eigenvalue weighted by molar-refractivity contribution is 0.354. The van der Waals surface area contributed by atoms with Crippen LogP contribution in [0.25, 0.3) is 0 Å². The van der Waals surface area contributed by atoms with Crippen molar-refractivity contribution in [2.75, 3.05) is 20.8 Å². The Bertz CT molecular complexity index is 363. The fraction of sp³-hybridized carbons (Fsp3) is 0.429. The van der Waals surface area contributed by atoms with E-state index in [1.54, 1.807) is 14.2 Å². The molecule has 3 nitrogen and oxygen atoms in total. The molecule has 1 N–H and O–H groups in total. The SMILES string of the molecule is C=CC(NCCC)c1ccc(OC)c(OC)c1. The van der Waals surface area contributed by atoms with Crippen LogP contribution >= 0.6 is 0 Å². The molecule has 0 aliphatic carbocycles. The zero-order valence-corrected chi connectivity index (χ0v) is 10.8. The maximum Gasteiger partial charge on any atom is 0.161 e. The summed E-state index contributed by atoms with van der Waals surface area (Å²) in [6, 6.07) is 6.07. The lowest BCUT2D eigenvalue weighted by Gasteiger charge is -2.16. The molecule has 0 amide bonds. The second kappa shape index (κ2) is 6.97. The minimum Gasteiger partial charge on any atom is -0.493 e. The molecule has 1 rings (SSSR count). The average Bonchev–Trinajstić information content (AvgIpc) is 2.39. The fourth-order valence-electron chi connectivity index (χ4n) is 1.68. The lowest BCUT2D eigenvalue weighted by Crippen LogP contribution is -2.20. The van der Waals surface area contributed by atoms with Gasteiger partial charge in [-0.05, 0) is 30.7 Å². The van der Waals surface area contributed by atoms with Gasteiger partial charge < -0.3 is 14.8 Å². The average molecular weight is 235 g/mol. The van der Waals surface area contributed by atoms with Crippen molar-refractivity contribution >= 4 is 0 Å². The highest BCUT2D eigenvalue weighted by Crippen LogP contribution is 2.30. The van der Waals surface area contributed by atoms with Crippen molar-refractivity contribution in [3.05, 3.63) is 36.4 Å². The second-order valence-corrected chi connectivity index (χ2v) is 3.78. The first-order valence-electron chi connectivity index (χ1n) is 5.84. The smallest absolute Gasteiger partial charge is 0.161 e. The number of hydrogen-bond acceptors (Lipinski definition) is 3. The van der Waals surface area contributed by atoms with E-state index < -0.39 is 0 Å². The maximum atomic E-state index is 5.29. The van der Waals surface area contributed by atoms with E-state index in [0.717, 1.165) is 30.0 Å². The zero-order chi connectivity index (χ0) is 12.7. The molecule has 0 spiro atoms. The molecule has 1 atom stereocenters. The van der Waals surface area contributed by atoms with E-state index in [0.29, 0.717) is 0 Å². The Morgan fingerprint density at radius 2 is 2.00 bits per heavy atom. The first-order chi connectivity index (χ1) is 8.26. The third-order valence-electron chi connectivity index (χ3n) is 2.62. The summed E-state index contributed by atoms with van der Waals surface area (Å²) < 4.78 is 10.5. The summed E-state index contributed by atoms with van der Waals surface area (Å²) in [5.41, 5.74) is 1.13. The molecule has 0 heterocycles. The standard InChI is InChI=1S/C14H21NO2/c1-5-9-15-12(6-2)11-7-8-13(16-3)14(10-11)17-4/h6-8,10,12,15H,2,5,9H2,1,3-4H3. The van der Waals surface area contributed by atoms with Crippen LogP contribution in [0.15, 0.2) is 30.9 Å². The molecule has 0 aliphatic rings. The summed E-state index contributed by atoms with van der Waals surface area (Å²) in [5, 5.41) is 3.41. The van der Waals surface area contributed by atoms with Crippen LogP contribution in [0.2, 0.25) is 0 Å². The molecule has 1 aromatic rings. The van der Waals surface area contributed by atoms with Gasteiger partial charge in [0.2, 0.25) is 0 Å². The maximum absolute atomic E-state index is 5.29. The van der Waals surface area contributed by atoms with Crippen LogP contribution in [0.5, 0.6) is 11.5 Å². The van der Waals surface area contributed by atoms with Gasteiger partial charge in [-0.25, -0.2) is 0 Å². The summed E-state index contributed by atoms with van der Waals surface area (Å²) in [7, 11) is 3.28. The molecule has 17 heavy (non-hydrogen) atoms. The fourth-order valence-corrected chi connectivity index (χ4v) is 1.68. The number of ether oxygens (including phenoxy) is 2. The lowest BCUT2D eigenvalue weighted by atomic mass is 10.1. The number of rotatable bonds is 7. The van der Waals surface area contributed by atoms with E-state index in [1.165, 1.54) is 0 Å². The summed E-state index contributed by atoms with van der Waals surface area (Å²) in [6.45, 7) is 6.96. The highest BCUT2D eigenvalue weighted by molar-refractivity contribution is 5.44. The molecule has 0 radical (unpaired) electrons. The van der Waals surface area contributed by atoms with E-state index >= 15 is 0 Å². The third kappa shape index (κ3) is 3.49. The minimum atomic E-state index is 0.148. The van der Waals surface area contributed by atoms with Gasteiger partial charge in [0.1, 0.15) is 0 Å². The number of nitrogens with one attached hydrogen (secondary N) is 1. The first-order valence-corrected chi connectivity index (χ1v) is 5.84. The van der Waals surface area contributed by atoms with Gasteiger partial charge in [-0.2, -0.15) is 0 Å². The predicted octanol–water partition coefficient (Wildman–Crippen LogP) is 2.93. The van der Waals surface area contributed by atoms with E-state index in [1.807, 2.05) is 24.3 Å². The van der Waals surface area contributed by atoms with Gasteiger partial charge in [-0.3, -0.25) is 0 Å². The van der Waals surface area contributed by atoms with Crippen LogP contribution in [-0.2, 0) is 0 Å². The van der Waals surface area contributed by atoms with Crippen LogP contribution < -0.4 is 14.8 Å². The molecule has 0 fully saturated rings. The predicted molar refractivity (Wildman–Crippen MR) is 70.8 cm³/mol. The Morgan fingerprint density at radius 1 is 1.29 bits per heavy atom. The van der Waals surface area contributed by atoms with E-state index in [2.05, 4.69) is 18.8 Å². The summed E-state index contributed by atoms with van der Waals surface area (Å²) in [6.07, 6.45) is 2.99. The van der Waals surface area contributed by atoms with Gasteiger partial charge in [-0.15, -0.1) is 6.58 Å². The largest absolute Gasteiger partial charge is 0.493 e. The summed E-state index contributed by atoms with van der Waals surface area (Å²) in [4.78, 5) is 0. The van der Waals surface area contributed by atoms with Gasteiger partial charge >= 0.3 is 0 Å². The summed E-state index contributed by atoms with van der Waals surface area (Å²) >= 11 is 0. The topological polar surface area (TPSA) is 30.5 Å². The number of benzene rings is 1. The van der Waals surface area contributed by atoms with Gasteiger partial charge in [0.15, 0.2) is 11.5 Å². The molecular weight excluding hydrogens is 214 g/mol. The van der Waals surface area contributed by atoms with Crippen molar-refractivity contribution in [2.45, 2.75) is 19.4 Å². The molecular formula is C14H21NO2. The van der Waals surface area contributed by atoms with Crippen LogP contribution in [-0.4, -0.2) is 20.8 Å². The number of methoxy groups -OCH3 is 2. The minimum absolute atomic E-state index is 0.148. The Balaban J connectivity index is 2.92. The molecule has 0 saturated carbocycles. The monoisotopic (exact) mass is 235 g/mol. The van der Waals surface area contributed by atoms with Gasteiger partial charge in [0.25, 0.3) is 0 Å². The quantitative estimate of drug-likeness (QED) is 0.737. The van der Waals surface area contributed by atoms with Crippen LogP contribution in [0.1, 0.15) is 24.9 Å². The molecule has 0 aliphatic heterocycles. The van der Waals surface area contributed by atoms with Gasteiger partial charge in [0, 0.05) is 0 Å². The zero-order valence-electron chi connectivity index (χ0n) is 10.8. The van der Waals surface area contributed by atoms with Gasteiger partial charge in [-0.1, -0.05) is 19.1 Å². The van der Waals surface area contributed by atoms with Crippen LogP contribution in [0, 0.1) is 0 Å². The molecule has 3 heteroatoms. The third-order valence-corrected chi connectivity index (χ3v) is 2.62. The van der Waals surface area contributed by atoms with Crippen molar-refractivity contribution in [3.63, 3.8) is 0 Å². The molecule has 0 bridgehead atoms. The van der Waals surface area contributed by atoms with Crippen molar-refractivity contribution in [2.24, 2.45) is 0 Å². The van der Waals surface area contributed by atoms with E-state index in [4.69, 9.17) is 9.47 Å². The second-order valence-electron chi connectivity index (χ2n) is 3.78. The van der Waals surface area contributed by atoms with Crippen molar-refractivity contribution in [1.82, 2.24) is 5.32 Å². The normalized spacial score (nSPS) is 11.9. The molecule has 1 aromatic carbocycles. The Morgan fingerprint density at radius 3 is 2.53 bits per heavy atom. The summed E-state index contributed by atoms with van der Waals surface area (Å²) in [5.74, 6) is 1.49. The Kier molecular flexibility index (Phi) is 5.57. The van der Waals surface area contributed by atoms with Gasteiger partial charge in [0.05, 0.1) is 20.3 Å². The van der Waals surface area contributed by atoms with Crippen LogP contribution in [0.3, 0.4) is 0 Å². The highest BCUT2D eigenvalue weighted by atomic mass is 16.5. The van der Waals surface area contributed by atoms with E-state index in [-0.39, 0.29) is 6.04 Å². The molecule has 0 aromatic heterocycles. The highest BCUT2D eigenvalue weighted by Gasteiger charge is 2.10. The van der Waals surface area contributed by atoms with E-state index in [9.17, 15) is 0 Å². The van der Waals surface area contributed by atoms with Crippen molar-refractivity contribution in [3.8, 4) is 11.5 Å². The van der Waals surface area contributed by atoms with Crippen molar-refractivity contribution in [1.29, 1.82) is 0 Å². The van der Waals surface area contributed by atoms with Crippen molar-refractivity contribution < 1.29 is 9.47 Å².